The van der Waals surface area contributed by atoms with E-state index in [1.807, 2.05) is 6.07 Å². The summed E-state index contributed by atoms with van der Waals surface area (Å²) in [4.78, 5) is 0. The van der Waals surface area contributed by atoms with Crippen molar-refractivity contribution in [2.45, 2.75) is 0 Å². The summed E-state index contributed by atoms with van der Waals surface area (Å²) < 4.78 is 11.3. The molecular formula is C5H2INOS. The van der Waals surface area contributed by atoms with Crippen LogP contribution in [-0.2, 0) is 0 Å². The van der Waals surface area contributed by atoms with Crippen molar-refractivity contribution in [1.82, 2.24) is 4.37 Å². The van der Waals surface area contributed by atoms with Crippen LogP contribution in [0, 0.1) is 3.70 Å². The van der Waals surface area contributed by atoms with Crippen molar-refractivity contribution in [1.29, 1.82) is 0 Å². The molecule has 4 heteroatoms. The van der Waals surface area contributed by atoms with Gasteiger partial charge in [0.25, 0.3) is 0 Å². The molecule has 46 valence electrons. The van der Waals surface area contributed by atoms with Crippen molar-refractivity contribution in [2.75, 3.05) is 0 Å². The zero-order chi connectivity index (χ0) is 6.27. The van der Waals surface area contributed by atoms with Gasteiger partial charge in [-0.3, -0.25) is 0 Å². The molecule has 0 saturated carbocycles. The van der Waals surface area contributed by atoms with E-state index in [0.717, 1.165) is 14.0 Å². The van der Waals surface area contributed by atoms with Crippen molar-refractivity contribution < 1.29 is 4.42 Å². The first-order chi connectivity index (χ1) is 4.38. The van der Waals surface area contributed by atoms with Crippen LogP contribution in [-0.4, -0.2) is 4.37 Å². The van der Waals surface area contributed by atoms with Gasteiger partial charge in [-0.2, -0.15) is 4.37 Å². The number of rotatable bonds is 0. The Morgan fingerprint density at radius 2 is 2.56 bits per heavy atom. The largest absolute Gasteiger partial charge is 0.461 e. The lowest BCUT2D eigenvalue weighted by molar-refractivity contribution is 0.613. The monoisotopic (exact) mass is 251 g/mol. The average Bonchev–Trinajstić information content (AvgIpc) is 2.35. The maximum Gasteiger partial charge on any atom is 0.178 e. The molecule has 0 aromatic carbocycles. The number of aromatic nitrogens is 1. The van der Waals surface area contributed by atoms with Crippen molar-refractivity contribution in [3.8, 4) is 0 Å². The standard InChI is InChI=1S/C5H2INOS/c6-5-4-3(9-7-5)1-2-8-4/h1-2H. The number of fused-ring (bicyclic) bond motifs is 1. The fourth-order valence-electron chi connectivity index (χ4n) is 0.650. The number of hydrogen-bond acceptors (Lipinski definition) is 3. The molecule has 0 fully saturated rings. The van der Waals surface area contributed by atoms with E-state index in [1.54, 1.807) is 6.26 Å². The second-order valence-corrected chi connectivity index (χ2v) is 3.41. The molecular weight excluding hydrogens is 249 g/mol. The van der Waals surface area contributed by atoms with Crippen LogP contribution in [0.25, 0.3) is 10.3 Å². The minimum absolute atomic E-state index is 0.917. The Labute approximate surface area is 69.2 Å². The van der Waals surface area contributed by atoms with Gasteiger partial charge >= 0.3 is 0 Å². The molecule has 0 spiro atoms. The van der Waals surface area contributed by atoms with Gasteiger partial charge in [0.1, 0.15) is 0 Å². The molecule has 0 unspecified atom stereocenters. The minimum Gasteiger partial charge on any atom is -0.461 e. The third kappa shape index (κ3) is 0.770. The molecule has 9 heavy (non-hydrogen) atoms. The third-order valence-corrected chi connectivity index (χ3v) is 2.89. The van der Waals surface area contributed by atoms with E-state index >= 15 is 0 Å². The predicted molar refractivity (Wildman–Crippen MR) is 44.6 cm³/mol. The molecule has 2 aromatic rings. The van der Waals surface area contributed by atoms with Crippen molar-refractivity contribution in [3.63, 3.8) is 0 Å². The van der Waals surface area contributed by atoms with Crippen LogP contribution in [0.1, 0.15) is 0 Å². The zero-order valence-electron chi connectivity index (χ0n) is 4.30. The molecule has 0 aliphatic heterocycles. The number of hydrogen-bond donors (Lipinski definition) is 0. The fourth-order valence-corrected chi connectivity index (χ4v) is 2.15. The lowest BCUT2D eigenvalue weighted by Crippen LogP contribution is -1.60. The first-order valence-electron chi connectivity index (χ1n) is 2.36. The highest BCUT2D eigenvalue weighted by Crippen LogP contribution is 2.24. The Hall–Kier alpha value is -0.100. The van der Waals surface area contributed by atoms with E-state index in [1.165, 1.54) is 11.5 Å². The van der Waals surface area contributed by atoms with Crippen LogP contribution in [0.4, 0.5) is 0 Å². The molecule has 0 aliphatic carbocycles. The third-order valence-electron chi connectivity index (χ3n) is 1.04. The summed E-state index contributed by atoms with van der Waals surface area (Å²) in [7, 11) is 0. The molecule has 2 heterocycles. The highest BCUT2D eigenvalue weighted by molar-refractivity contribution is 14.1. The number of halogens is 1. The lowest BCUT2D eigenvalue weighted by Gasteiger charge is -1.72. The summed E-state index contributed by atoms with van der Waals surface area (Å²) in [5, 5.41) is 0. The van der Waals surface area contributed by atoms with Gasteiger partial charge in [0.15, 0.2) is 9.28 Å². The number of nitrogens with zero attached hydrogens (tertiary/aromatic N) is 1. The predicted octanol–water partition coefficient (Wildman–Crippen LogP) is 2.49. The van der Waals surface area contributed by atoms with Crippen LogP contribution in [0.3, 0.4) is 0 Å². The summed E-state index contributed by atoms with van der Waals surface area (Å²) >= 11 is 3.62. The number of furan rings is 1. The summed E-state index contributed by atoms with van der Waals surface area (Å²) in [6, 6.07) is 1.93. The Balaban J connectivity index is 2.99. The summed E-state index contributed by atoms with van der Waals surface area (Å²) in [5.41, 5.74) is 0.917. The second kappa shape index (κ2) is 1.95. The molecule has 0 bridgehead atoms. The highest BCUT2D eigenvalue weighted by Gasteiger charge is 2.03. The van der Waals surface area contributed by atoms with Gasteiger partial charge in [0.2, 0.25) is 0 Å². The molecule has 2 rings (SSSR count). The summed E-state index contributed by atoms with van der Waals surface area (Å²) in [6.45, 7) is 0. The minimum atomic E-state index is 0.917. The average molecular weight is 251 g/mol. The Kier molecular flexibility index (Phi) is 1.23. The second-order valence-electron chi connectivity index (χ2n) is 1.59. The first-order valence-corrected chi connectivity index (χ1v) is 4.21. The Morgan fingerprint density at radius 1 is 1.67 bits per heavy atom. The fraction of sp³-hybridized carbons (Fsp3) is 0. The first kappa shape index (κ1) is 5.67. The summed E-state index contributed by atoms with van der Waals surface area (Å²) in [6.07, 6.45) is 1.69. The van der Waals surface area contributed by atoms with Gasteiger partial charge in [-0.05, 0) is 40.2 Å². The molecule has 2 nitrogen and oxygen atoms in total. The maximum atomic E-state index is 5.13. The van der Waals surface area contributed by atoms with E-state index in [4.69, 9.17) is 4.42 Å². The maximum absolute atomic E-state index is 5.13. The van der Waals surface area contributed by atoms with Crippen molar-refractivity contribution in [3.05, 3.63) is 16.0 Å². The van der Waals surface area contributed by atoms with E-state index in [-0.39, 0.29) is 0 Å². The van der Waals surface area contributed by atoms with Crippen LogP contribution >= 0.6 is 34.1 Å². The molecule has 0 N–H and O–H groups in total. The van der Waals surface area contributed by atoms with Crippen LogP contribution in [0.5, 0.6) is 0 Å². The van der Waals surface area contributed by atoms with Gasteiger partial charge in [-0.1, -0.05) is 0 Å². The topological polar surface area (TPSA) is 26.0 Å². The highest BCUT2D eigenvalue weighted by atomic mass is 127. The van der Waals surface area contributed by atoms with Gasteiger partial charge in [-0.25, -0.2) is 0 Å². The molecule has 0 amide bonds. The van der Waals surface area contributed by atoms with Gasteiger partial charge in [-0.15, -0.1) is 0 Å². The molecule has 0 atom stereocenters. The van der Waals surface area contributed by atoms with E-state index in [2.05, 4.69) is 27.0 Å². The molecule has 0 saturated heterocycles. The molecule has 2 aromatic heterocycles. The van der Waals surface area contributed by atoms with Crippen LogP contribution in [0.2, 0.25) is 0 Å². The SMILES string of the molecule is Ic1nsc2ccoc12. The van der Waals surface area contributed by atoms with Gasteiger partial charge in [0.05, 0.1) is 11.0 Å². The normalized spacial score (nSPS) is 10.8. The quantitative estimate of drug-likeness (QED) is 0.672. The van der Waals surface area contributed by atoms with E-state index in [0.29, 0.717) is 0 Å². The molecule has 0 aliphatic rings. The lowest BCUT2D eigenvalue weighted by atomic mass is 10.6. The Morgan fingerprint density at radius 3 is 3.33 bits per heavy atom. The van der Waals surface area contributed by atoms with Crippen LogP contribution in [0.15, 0.2) is 16.7 Å². The van der Waals surface area contributed by atoms with Gasteiger partial charge < -0.3 is 4.42 Å². The van der Waals surface area contributed by atoms with E-state index < -0.39 is 0 Å². The van der Waals surface area contributed by atoms with Crippen molar-refractivity contribution >= 4 is 44.4 Å². The smallest absolute Gasteiger partial charge is 0.178 e. The zero-order valence-corrected chi connectivity index (χ0v) is 7.27. The molecule has 0 radical (unpaired) electrons. The van der Waals surface area contributed by atoms with E-state index in [9.17, 15) is 0 Å². The van der Waals surface area contributed by atoms with Crippen LogP contribution < -0.4 is 0 Å². The van der Waals surface area contributed by atoms with Gasteiger partial charge in [0, 0.05) is 0 Å². The summed E-state index contributed by atoms with van der Waals surface area (Å²) in [5.74, 6) is 0. The Bertz CT molecular complexity index is 326. The van der Waals surface area contributed by atoms with Crippen molar-refractivity contribution in [2.24, 2.45) is 0 Å².